The summed E-state index contributed by atoms with van der Waals surface area (Å²) in [7, 11) is 0. The highest BCUT2D eigenvalue weighted by atomic mass is 14.9. The summed E-state index contributed by atoms with van der Waals surface area (Å²) in [6.07, 6.45) is 17.4. The van der Waals surface area contributed by atoms with Crippen LogP contribution in [0.2, 0.25) is 0 Å². The molecule has 1 aliphatic rings. The van der Waals surface area contributed by atoms with Crippen molar-refractivity contribution in [2.75, 3.05) is 6.54 Å². The molecule has 0 aliphatic heterocycles. The number of nitrogens with one attached hydrogen (secondary N) is 1. The van der Waals surface area contributed by atoms with E-state index in [1.807, 2.05) is 0 Å². The summed E-state index contributed by atoms with van der Waals surface area (Å²) < 4.78 is 0. The zero-order valence-electron chi connectivity index (χ0n) is 12.4. The first kappa shape index (κ1) is 15.6. The van der Waals surface area contributed by atoms with Crippen molar-refractivity contribution in [1.82, 2.24) is 5.32 Å². The van der Waals surface area contributed by atoms with Gasteiger partial charge in [0.15, 0.2) is 0 Å². The van der Waals surface area contributed by atoms with Gasteiger partial charge in [-0.15, -0.1) is 12.3 Å². The minimum absolute atomic E-state index is 0.665. The average molecular weight is 249 g/mol. The second-order valence-corrected chi connectivity index (χ2v) is 5.83. The van der Waals surface area contributed by atoms with Gasteiger partial charge in [-0.1, -0.05) is 46.0 Å². The van der Waals surface area contributed by atoms with Crippen molar-refractivity contribution in [1.29, 1.82) is 0 Å². The van der Waals surface area contributed by atoms with Gasteiger partial charge in [-0.25, -0.2) is 0 Å². The molecule has 1 rings (SSSR count). The van der Waals surface area contributed by atoms with Crippen LogP contribution < -0.4 is 5.32 Å². The fourth-order valence-corrected chi connectivity index (χ4v) is 3.38. The molecule has 0 spiro atoms. The van der Waals surface area contributed by atoms with Crippen LogP contribution in [0.15, 0.2) is 0 Å². The first-order valence-corrected chi connectivity index (χ1v) is 7.98. The number of unbranched alkanes of at least 4 members (excludes halogenated alkanes) is 1. The molecular weight excluding hydrogens is 218 g/mol. The molecular formula is C17H31N. The fraction of sp³-hybridized carbons (Fsp3) is 0.882. The SMILES string of the molecule is C#CCCC(NCC)C1CCC(CCCC)CC1. The van der Waals surface area contributed by atoms with Crippen LogP contribution >= 0.6 is 0 Å². The monoisotopic (exact) mass is 249 g/mol. The lowest BCUT2D eigenvalue weighted by molar-refractivity contribution is 0.208. The van der Waals surface area contributed by atoms with E-state index in [0.29, 0.717) is 6.04 Å². The van der Waals surface area contributed by atoms with Crippen LogP contribution in [-0.2, 0) is 0 Å². The Hall–Kier alpha value is -0.480. The van der Waals surface area contributed by atoms with Crippen molar-refractivity contribution in [3.8, 4) is 12.3 Å². The molecule has 1 heteroatoms. The Morgan fingerprint density at radius 1 is 1.22 bits per heavy atom. The van der Waals surface area contributed by atoms with E-state index < -0.39 is 0 Å². The Labute approximate surface area is 114 Å². The Kier molecular flexibility index (Phi) is 8.18. The third-order valence-corrected chi connectivity index (χ3v) is 4.49. The summed E-state index contributed by atoms with van der Waals surface area (Å²) in [4.78, 5) is 0. The molecule has 0 heterocycles. The molecule has 0 aromatic heterocycles. The smallest absolute Gasteiger partial charge is 0.0104 e. The zero-order valence-corrected chi connectivity index (χ0v) is 12.4. The molecule has 1 N–H and O–H groups in total. The Bertz CT molecular complexity index is 232. The Morgan fingerprint density at radius 2 is 1.94 bits per heavy atom. The molecule has 0 amide bonds. The quantitative estimate of drug-likeness (QED) is 0.630. The van der Waals surface area contributed by atoms with Crippen LogP contribution in [0.3, 0.4) is 0 Å². The Morgan fingerprint density at radius 3 is 2.50 bits per heavy atom. The van der Waals surface area contributed by atoms with Crippen molar-refractivity contribution in [2.24, 2.45) is 11.8 Å². The molecule has 0 saturated heterocycles. The molecule has 18 heavy (non-hydrogen) atoms. The highest BCUT2D eigenvalue weighted by Crippen LogP contribution is 2.34. The minimum Gasteiger partial charge on any atom is -0.314 e. The topological polar surface area (TPSA) is 12.0 Å². The number of terminal acetylenes is 1. The van der Waals surface area contributed by atoms with Crippen molar-refractivity contribution < 1.29 is 0 Å². The normalized spacial score (nSPS) is 25.6. The minimum atomic E-state index is 0.665. The van der Waals surface area contributed by atoms with E-state index >= 15 is 0 Å². The Balaban J connectivity index is 2.31. The summed E-state index contributed by atoms with van der Waals surface area (Å²) in [5, 5.41) is 3.65. The standard InChI is InChI=1S/C17H31N/c1-4-7-9-15-11-13-16(14-12-15)17(18-6-3)10-8-5-2/h2,15-18H,4,6-14H2,1,3H3. The number of hydrogen-bond acceptors (Lipinski definition) is 1. The van der Waals surface area contributed by atoms with Gasteiger partial charge in [-0.2, -0.15) is 0 Å². The predicted molar refractivity (Wildman–Crippen MR) is 80.5 cm³/mol. The summed E-state index contributed by atoms with van der Waals surface area (Å²) in [5.74, 6) is 4.67. The molecule has 104 valence electrons. The number of hydrogen-bond donors (Lipinski definition) is 1. The second kappa shape index (κ2) is 9.45. The summed E-state index contributed by atoms with van der Waals surface area (Å²) in [6.45, 7) is 5.58. The van der Waals surface area contributed by atoms with Crippen molar-refractivity contribution in [3.63, 3.8) is 0 Å². The lowest BCUT2D eigenvalue weighted by Gasteiger charge is -2.34. The lowest BCUT2D eigenvalue weighted by atomic mass is 9.76. The van der Waals surface area contributed by atoms with Crippen molar-refractivity contribution in [3.05, 3.63) is 0 Å². The molecule has 1 fully saturated rings. The first-order chi connectivity index (χ1) is 8.81. The van der Waals surface area contributed by atoms with Crippen LogP contribution in [0.25, 0.3) is 0 Å². The van der Waals surface area contributed by atoms with Crippen molar-refractivity contribution in [2.45, 2.75) is 77.7 Å². The largest absolute Gasteiger partial charge is 0.314 e. The maximum Gasteiger partial charge on any atom is 0.0104 e. The zero-order chi connectivity index (χ0) is 13.2. The van der Waals surface area contributed by atoms with E-state index in [2.05, 4.69) is 25.1 Å². The highest BCUT2D eigenvalue weighted by Gasteiger charge is 2.26. The van der Waals surface area contributed by atoms with Gasteiger partial charge in [0.2, 0.25) is 0 Å². The molecule has 1 aliphatic carbocycles. The van der Waals surface area contributed by atoms with Gasteiger partial charge in [-0.05, 0) is 37.6 Å². The van der Waals surface area contributed by atoms with Gasteiger partial charge in [0.25, 0.3) is 0 Å². The maximum absolute atomic E-state index is 5.40. The van der Waals surface area contributed by atoms with Crippen LogP contribution in [0.5, 0.6) is 0 Å². The van der Waals surface area contributed by atoms with E-state index in [9.17, 15) is 0 Å². The molecule has 1 nitrogen and oxygen atoms in total. The maximum atomic E-state index is 5.40. The van der Waals surface area contributed by atoms with Crippen LogP contribution in [0, 0.1) is 24.2 Å². The van der Waals surface area contributed by atoms with Crippen LogP contribution in [-0.4, -0.2) is 12.6 Å². The molecule has 0 aromatic rings. The molecule has 0 aromatic carbocycles. The summed E-state index contributed by atoms with van der Waals surface area (Å²) >= 11 is 0. The van der Waals surface area contributed by atoms with Gasteiger partial charge in [0.1, 0.15) is 0 Å². The molecule has 1 unspecified atom stereocenters. The number of rotatable bonds is 8. The van der Waals surface area contributed by atoms with Gasteiger partial charge in [0, 0.05) is 12.5 Å². The van der Waals surface area contributed by atoms with E-state index in [0.717, 1.165) is 31.2 Å². The molecule has 1 saturated carbocycles. The van der Waals surface area contributed by atoms with E-state index in [-0.39, 0.29) is 0 Å². The third-order valence-electron chi connectivity index (χ3n) is 4.49. The fourth-order valence-electron chi connectivity index (χ4n) is 3.38. The van der Waals surface area contributed by atoms with Gasteiger partial charge in [-0.3, -0.25) is 0 Å². The second-order valence-electron chi connectivity index (χ2n) is 5.83. The van der Waals surface area contributed by atoms with Gasteiger partial charge >= 0.3 is 0 Å². The van der Waals surface area contributed by atoms with Crippen LogP contribution in [0.4, 0.5) is 0 Å². The molecule has 1 atom stereocenters. The summed E-state index contributed by atoms with van der Waals surface area (Å²) in [6, 6.07) is 0.665. The molecule has 0 bridgehead atoms. The van der Waals surface area contributed by atoms with Crippen LogP contribution in [0.1, 0.15) is 71.6 Å². The van der Waals surface area contributed by atoms with Gasteiger partial charge < -0.3 is 5.32 Å². The molecule has 0 radical (unpaired) electrons. The van der Waals surface area contributed by atoms with Crippen molar-refractivity contribution >= 4 is 0 Å². The van der Waals surface area contributed by atoms with Gasteiger partial charge in [0.05, 0.1) is 0 Å². The highest BCUT2D eigenvalue weighted by molar-refractivity contribution is 4.89. The summed E-state index contributed by atoms with van der Waals surface area (Å²) in [5.41, 5.74) is 0. The van der Waals surface area contributed by atoms with E-state index in [4.69, 9.17) is 6.42 Å². The first-order valence-electron chi connectivity index (χ1n) is 7.98. The van der Waals surface area contributed by atoms with E-state index in [1.54, 1.807) is 0 Å². The average Bonchev–Trinajstić information content (AvgIpc) is 2.42. The van der Waals surface area contributed by atoms with E-state index in [1.165, 1.54) is 44.9 Å². The lowest BCUT2D eigenvalue weighted by Crippen LogP contribution is -2.38. The predicted octanol–water partition coefficient (Wildman–Crippen LogP) is 4.37. The third kappa shape index (κ3) is 5.44.